The number of furan rings is 1. The standard InChI is InChI=1S/C27H19F2N5O2/c28-22-10-9-21(23(29)12-22)15-33(27(35)25-11-20-3-1-2-4-24(20)36-25)16-26-32-31-17-34(26)14-19-7-5-18(13-30)6-8-19/h1-12,17H,14-16H2. The van der Waals surface area contributed by atoms with Crippen molar-refractivity contribution in [1.29, 1.82) is 5.26 Å². The van der Waals surface area contributed by atoms with Gasteiger partial charge >= 0.3 is 0 Å². The predicted molar refractivity (Wildman–Crippen MR) is 126 cm³/mol. The van der Waals surface area contributed by atoms with Crippen LogP contribution < -0.4 is 0 Å². The third-order valence-electron chi connectivity index (χ3n) is 5.76. The van der Waals surface area contributed by atoms with Gasteiger partial charge in [-0.2, -0.15) is 5.26 Å². The number of nitriles is 1. The van der Waals surface area contributed by atoms with Crippen molar-refractivity contribution in [2.45, 2.75) is 19.6 Å². The number of para-hydroxylation sites is 1. The molecule has 1 amide bonds. The summed E-state index contributed by atoms with van der Waals surface area (Å²) in [5, 5.41) is 17.9. The van der Waals surface area contributed by atoms with E-state index in [1.165, 1.54) is 17.3 Å². The Bertz CT molecular complexity index is 1550. The van der Waals surface area contributed by atoms with Crippen LogP contribution in [0.5, 0.6) is 0 Å². The highest BCUT2D eigenvalue weighted by atomic mass is 19.1. The van der Waals surface area contributed by atoms with Crippen LogP contribution >= 0.6 is 0 Å². The zero-order chi connectivity index (χ0) is 25.1. The van der Waals surface area contributed by atoms with E-state index in [1.807, 2.05) is 24.3 Å². The Morgan fingerprint density at radius 1 is 1.03 bits per heavy atom. The van der Waals surface area contributed by atoms with Crippen LogP contribution in [0.25, 0.3) is 11.0 Å². The van der Waals surface area contributed by atoms with Crippen LogP contribution in [0.4, 0.5) is 8.78 Å². The Hall–Kier alpha value is -4.84. The number of carbonyl (C=O) groups excluding carboxylic acids is 1. The second-order valence-corrected chi connectivity index (χ2v) is 8.23. The first-order valence-electron chi connectivity index (χ1n) is 11.1. The second kappa shape index (κ2) is 9.80. The molecular formula is C27H19F2N5O2. The zero-order valence-corrected chi connectivity index (χ0v) is 18.9. The van der Waals surface area contributed by atoms with Gasteiger partial charge in [0.05, 0.1) is 24.7 Å². The van der Waals surface area contributed by atoms with Crippen LogP contribution in [0.15, 0.2) is 83.5 Å². The summed E-state index contributed by atoms with van der Waals surface area (Å²) in [6.07, 6.45) is 1.54. The molecule has 5 aromatic rings. The summed E-state index contributed by atoms with van der Waals surface area (Å²) in [7, 11) is 0. The van der Waals surface area contributed by atoms with Crippen LogP contribution in [-0.4, -0.2) is 25.6 Å². The first-order valence-corrected chi connectivity index (χ1v) is 11.1. The summed E-state index contributed by atoms with van der Waals surface area (Å²) in [5.41, 5.74) is 2.17. The van der Waals surface area contributed by atoms with E-state index in [-0.39, 0.29) is 24.4 Å². The number of nitrogens with zero attached hydrogens (tertiary/aromatic N) is 5. The Morgan fingerprint density at radius 3 is 2.58 bits per heavy atom. The third-order valence-corrected chi connectivity index (χ3v) is 5.76. The molecule has 2 aromatic heterocycles. The summed E-state index contributed by atoms with van der Waals surface area (Å²) in [6.45, 7) is 0.278. The van der Waals surface area contributed by atoms with Crippen LogP contribution in [0.2, 0.25) is 0 Å². The van der Waals surface area contributed by atoms with Crippen molar-refractivity contribution in [3.05, 3.63) is 119 Å². The second-order valence-electron chi connectivity index (χ2n) is 8.23. The van der Waals surface area contributed by atoms with E-state index >= 15 is 0 Å². The van der Waals surface area contributed by atoms with Gasteiger partial charge in [0.25, 0.3) is 5.91 Å². The minimum Gasteiger partial charge on any atom is -0.451 e. The SMILES string of the molecule is N#Cc1ccc(Cn2cnnc2CN(Cc2ccc(F)cc2F)C(=O)c2cc3ccccc3o2)cc1. The fourth-order valence-corrected chi connectivity index (χ4v) is 3.88. The molecule has 0 saturated heterocycles. The molecule has 0 saturated carbocycles. The predicted octanol–water partition coefficient (Wildman–Crippen LogP) is 5.07. The van der Waals surface area contributed by atoms with Gasteiger partial charge in [-0.05, 0) is 35.9 Å². The number of rotatable bonds is 7. The number of carbonyl (C=O) groups is 1. The van der Waals surface area contributed by atoms with Gasteiger partial charge in [-0.15, -0.1) is 10.2 Å². The van der Waals surface area contributed by atoms with Gasteiger partial charge in [-0.25, -0.2) is 8.78 Å². The number of hydrogen-bond donors (Lipinski definition) is 0. The minimum atomic E-state index is -0.753. The summed E-state index contributed by atoms with van der Waals surface area (Å²) >= 11 is 0. The molecule has 0 radical (unpaired) electrons. The largest absolute Gasteiger partial charge is 0.451 e. The maximum absolute atomic E-state index is 14.5. The summed E-state index contributed by atoms with van der Waals surface area (Å²) < 4.78 is 35.5. The molecule has 0 spiro atoms. The van der Waals surface area contributed by atoms with Crippen molar-refractivity contribution in [3.63, 3.8) is 0 Å². The lowest BCUT2D eigenvalue weighted by Gasteiger charge is -2.22. The van der Waals surface area contributed by atoms with Gasteiger partial charge in [0.2, 0.25) is 0 Å². The van der Waals surface area contributed by atoms with Gasteiger partial charge in [-0.1, -0.05) is 36.4 Å². The Morgan fingerprint density at radius 2 is 1.83 bits per heavy atom. The highest BCUT2D eigenvalue weighted by molar-refractivity contribution is 5.96. The molecule has 0 atom stereocenters. The monoisotopic (exact) mass is 483 g/mol. The fourth-order valence-electron chi connectivity index (χ4n) is 3.88. The number of benzene rings is 3. The molecule has 178 valence electrons. The third kappa shape index (κ3) is 4.83. The summed E-state index contributed by atoms with van der Waals surface area (Å²) in [6, 6.07) is 21.3. The Labute approximate surface area is 204 Å². The average molecular weight is 483 g/mol. The normalized spacial score (nSPS) is 10.9. The first kappa shape index (κ1) is 22.9. The van der Waals surface area contributed by atoms with Crippen molar-refractivity contribution in [1.82, 2.24) is 19.7 Å². The van der Waals surface area contributed by atoms with Crippen LogP contribution in [-0.2, 0) is 19.6 Å². The van der Waals surface area contributed by atoms with Gasteiger partial charge in [0, 0.05) is 23.6 Å². The molecule has 0 aliphatic heterocycles. The topological polar surface area (TPSA) is 88.0 Å². The van der Waals surface area contributed by atoms with Crippen molar-refractivity contribution in [3.8, 4) is 6.07 Å². The lowest BCUT2D eigenvalue weighted by molar-refractivity contribution is 0.0692. The molecule has 0 fully saturated rings. The number of amides is 1. The number of aromatic nitrogens is 3. The summed E-state index contributed by atoms with van der Waals surface area (Å²) in [5.74, 6) is -1.36. The van der Waals surface area contributed by atoms with Crippen molar-refractivity contribution in [2.75, 3.05) is 0 Å². The van der Waals surface area contributed by atoms with Crippen LogP contribution in [0, 0.1) is 23.0 Å². The van der Waals surface area contributed by atoms with Crippen LogP contribution in [0.1, 0.15) is 33.1 Å². The van der Waals surface area contributed by atoms with E-state index in [0.717, 1.165) is 23.1 Å². The molecule has 7 nitrogen and oxygen atoms in total. The number of halogens is 2. The highest BCUT2D eigenvalue weighted by Crippen LogP contribution is 2.23. The molecule has 3 aromatic carbocycles. The fraction of sp³-hybridized carbons (Fsp3) is 0.111. The lowest BCUT2D eigenvalue weighted by Crippen LogP contribution is -2.31. The molecule has 0 aliphatic carbocycles. The van der Waals surface area contributed by atoms with Gasteiger partial charge in [-0.3, -0.25) is 4.79 Å². The molecule has 0 N–H and O–H groups in total. The Kier molecular flexibility index (Phi) is 6.24. The van der Waals surface area contributed by atoms with E-state index in [9.17, 15) is 13.6 Å². The quantitative estimate of drug-likeness (QED) is 0.323. The van der Waals surface area contributed by atoms with Gasteiger partial charge < -0.3 is 13.9 Å². The first-order chi connectivity index (χ1) is 17.5. The zero-order valence-electron chi connectivity index (χ0n) is 18.9. The molecule has 0 bridgehead atoms. The van der Waals surface area contributed by atoms with E-state index < -0.39 is 17.5 Å². The van der Waals surface area contributed by atoms with Crippen molar-refractivity contribution < 1.29 is 18.0 Å². The maximum Gasteiger partial charge on any atom is 0.290 e. The maximum atomic E-state index is 14.5. The van der Waals surface area contributed by atoms with E-state index in [4.69, 9.17) is 9.68 Å². The van der Waals surface area contributed by atoms with E-state index in [1.54, 1.807) is 34.9 Å². The molecule has 2 heterocycles. The molecule has 0 aliphatic rings. The molecule has 5 rings (SSSR count). The average Bonchev–Trinajstić information content (AvgIpc) is 3.52. The minimum absolute atomic E-state index is 0.00295. The van der Waals surface area contributed by atoms with Crippen molar-refractivity contribution >= 4 is 16.9 Å². The summed E-state index contributed by atoms with van der Waals surface area (Å²) in [4.78, 5) is 14.9. The van der Waals surface area contributed by atoms with E-state index in [2.05, 4.69) is 16.3 Å². The molecular weight excluding hydrogens is 464 g/mol. The highest BCUT2D eigenvalue weighted by Gasteiger charge is 2.24. The smallest absolute Gasteiger partial charge is 0.290 e. The molecule has 9 heteroatoms. The van der Waals surface area contributed by atoms with Crippen molar-refractivity contribution in [2.24, 2.45) is 0 Å². The number of fused-ring (bicyclic) bond motifs is 1. The Balaban J connectivity index is 1.45. The van der Waals surface area contributed by atoms with Gasteiger partial charge in [0.1, 0.15) is 23.5 Å². The van der Waals surface area contributed by atoms with Gasteiger partial charge in [0.15, 0.2) is 11.6 Å². The number of hydrogen-bond acceptors (Lipinski definition) is 5. The van der Waals surface area contributed by atoms with Crippen LogP contribution in [0.3, 0.4) is 0 Å². The van der Waals surface area contributed by atoms with E-state index in [0.29, 0.717) is 23.5 Å². The molecule has 0 unspecified atom stereocenters. The molecule has 36 heavy (non-hydrogen) atoms. The lowest BCUT2D eigenvalue weighted by atomic mass is 10.1.